The predicted octanol–water partition coefficient (Wildman–Crippen LogP) is 2.09. The van der Waals surface area contributed by atoms with Crippen LogP contribution in [0, 0.1) is 11.8 Å². The van der Waals surface area contributed by atoms with Crippen molar-refractivity contribution in [1.82, 2.24) is 5.32 Å². The summed E-state index contributed by atoms with van der Waals surface area (Å²) in [6.07, 6.45) is 4.38. The van der Waals surface area contributed by atoms with Crippen LogP contribution < -0.4 is 5.32 Å². The Bertz CT molecular complexity index is 226. The molecule has 0 bridgehead atoms. The highest BCUT2D eigenvalue weighted by Gasteiger charge is 2.25. The van der Waals surface area contributed by atoms with Gasteiger partial charge in [-0.15, -0.1) is 0 Å². The second-order valence-electron chi connectivity index (χ2n) is 5.49. The van der Waals surface area contributed by atoms with E-state index in [4.69, 9.17) is 5.11 Å². The standard InChI is InChI=1S/C13H25NO2/c1-9(2)11-5-4-6-12(8-11)14-13(16)7-10(3)15/h9-12,15H,4-8H2,1-3H3,(H,14,16)/t10?,11-,12-/m1/s1. The average molecular weight is 227 g/mol. The maximum atomic E-state index is 11.5. The first kappa shape index (κ1) is 13.5. The molecule has 94 valence electrons. The molecule has 2 N–H and O–H groups in total. The summed E-state index contributed by atoms with van der Waals surface area (Å²) in [5, 5.41) is 12.2. The number of aliphatic hydroxyl groups excluding tert-OH is 1. The molecular weight excluding hydrogens is 202 g/mol. The van der Waals surface area contributed by atoms with Gasteiger partial charge >= 0.3 is 0 Å². The van der Waals surface area contributed by atoms with Crippen molar-refractivity contribution in [3.05, 3.63) is 0 Å². The molecule has 1 saturated carbocycles. The van der Waals surface area contributed by atoms with E-state index in [1.54, 1.807) is 6.92 Å². The zero-order chi connectivity index (χ0) is 12.1. The third kappa shape index (κ3) is 4.52. The first-order chi connectivity index (χ1) is 7.49. The molecule has 1 unspecified atom stereocenters. The first-order valence-electron chi connectivity index (χ1n) is 6.46. The molecule has 16 heavy (non-hydrogen) atoms. The number of hydrogen-bond acceptors (Lipinski definition) is 2. The van der Waals surface area contributed by atoms with Crippen molar-refractivity contribution in [2.24, 2.45) is 11.8 Å². The van der Waals surface area contributed by atoms with E-state index >= 15 is 0 Å². The Hall–Kier alpha value is -0.570. The zero-order valence-electron chi connectivity index (χ0n) is 10.7. The van der Waals surface area contributed by atoms with Gasteiger partial charge in [0.1, 0.15) is 0 Å². The molecule has 1 aliphatic carbocycles. The van der Waals surface area contributed by atoms with Gasteiger partial charge < -0.3 is 10.4 Å². The Morgan fingerprint density at radius 1 is 1.38 bits per heavy atom. The molecule has 0 aromatic heterocycles. The number of amides is 1. The third-order valence-corrected chi connectivity index (χ3v) is 3.50. The fraction of sp³-hybridized carbons (Fsp3) is 0.923. The highest BCUT2D eigenvalue weighted by Crippen LogP contribution is 2.29. The molecule has 0 spiro atoms. The maximum absolute atomic E-state index is 11.5. The van der Waals surface area contributed by atoms with Gasteiger partial charge in [0.15, 0.2) is 0 Å². The molecule has 1 rings (SSSR count). The van der Waals surface area contributed by atoms with Crippen molar-refractivity contribution in [2.45, 2.75) is 65.0 Å². The van der Waals surface area contributed by atoms with E-state index in [1.165, 1.54) is 12.8 Å². The average Bonchev–Trinajstić information content (AvgIpc) is 2.16. The van der Waals surface area contributed by atoms with E-state index in [9.17, 15) is 4.79 Å². The van der Waals surface area contributed by atoms with Crippen LogP contribution in [0.3, 0.4) is 0 Å². The van der Waals surface area contributed by atoms with Crippen molar-refractivity contribution < 1.29 is 9.90 Å². The van der Waals surface area contributed by atoms with Gasteiger partial charge in [0.25, 0.3) is 0 Å². The van der Waals surface area contributed by atoms with Crippen LogP contribution >= 0.6 is 0 Å². The summed E-state index contributed by atoms with van der Waals surface area (Å²) >= 11 is 0. The molecule has 0 saturated heterocycles. The first-order valence-corrected chi connectivity index (χ1v) is 6.46. The van der Waals surface area contributed by atoms with E-state index in [-0.39, 0.29) is 12.3 Å². The van der Waals surface area contributed by atoms with E-state index in [1.807, 2.05) is 0 Å². The molecule has 3 atom stereocenters. The van der Waals surface area contributed by atoms with Crippen LogP contribution in [0.15, 0.2) is 0 Å². The van der Waals surface area contributed by atoms with Crippen molar-refractivity contribution in [3.8, 4) is 0 Å². The van der Waals surface area contributed by atoms with Gasteiger partial charge in [-0.1, -0.05) is 26.7 Å². The lowest BCUT2D eigenvalue weighted by Crippen LogP contribution is -2.40. The number of rotatable bonds is 4. The lowest BCUT2D eigenvalue weighted by atomic mass is 9.79. The Labute approximate surface area is 98.6 Å². The van der Waals surface area contributed by atoms with E-state index < -0.39 is 6.10 Å². The van der Waals surface area contributed by atoms with Crippen LogP contribution in [-0.2, 0) is 4.79 Å². The molecule has 1 amide bonds. The molecule has 3 nitrogen and oxygen atoms in total. The van der Waals surface area contributed by atoms with Gasteiger partial charge in [-0.3, -0.25) is 4.79 Å². The topological polar surface area (TPSA) is 49.3 Å². The summed E-state index contributed by atoms with van der Waals surface area (Å²) in [6, 6.07) is 0.326. The molecular formula is C13H25NO2. The Kier molecular flexibility index (Phi) is 5.26. The summed E-state index contributed by atoms with van der Waals surface area (Å²) in [7, 11) is 0. The number of aliphatic hydroxyl groups is 1. The van der Waals surface area contributed by atoms with Crippen LogP contribution in [0.5, 0.6) is 0 Å². The third-order valence-electron chi connectivity index (χ3n) is 3.50. The number of carbonyl (C=O) groups is 1. The molecule has 3 heteroatoms. The van der Waals surface area contributed by atoms with Crippen molar-refractivity contribution in [2.75, 3.05) is 0 Å². The van der Waals surface area contributed by atoms with E-state index in [0.29, 0.717) is 12.0 Å². The number of hydrogen-bond donors (Lipinski definition) is 2. The van der Waals surface area contributed by atoms with Crippen LogP contribution in [-0.4, -0.2) is 23.2 Å². The van der Waals surface area contributed by atoms with E-state index in [0.717, 1.165) is 18.8 Å². The normalized spacial score (nSPS) is 27.8. The zero-order valence-corrected chi connectivity index (χ0v) is 10.7. The van der Waals surface area contributed by atoms with Gasteiger partial charge in [0.2, 0.25) is 5.91 Å². The quantitative estimate of drug-likeness (QED) is 0.772. The minimum absolute atomic E-state index is 0.00981. The van der Waals surface area contributed by atoms with Crippen molar-refractivity contribution >= 4 is 5.91 Å². The minimum atomic E-state index is -0.538. The van der Waals surface area contributed by atoms with Gasteiger partial charge in [0, 0.05) is 6.04 Å². The maximum Gasteiger partial charge on any atom is 0.222 e. The summed E-state index contributed by atoms with van der Waals surface area (Å²) in [6.45, 7) is 6.16. The fourth-order valence-corrected chi connectivity index (χ4v) is 2.52. The summed E-state index contributed by atoms with van der Waals surface area (Å²) in [4.78, 5) is 11.5. The van der Waals surface area contributed by atoms with Gasteiger partial charge in [-0.05, 0) is 31.6 Å². The highest BCUT2D eigenvalue weighted by molar-refractivity contribution is 5.76. The monoisotopic (exact) mass is 227 g/mol. The number of carbonyl (C=O) groups excluding carboxylic acids is 1. The summed E-state index contributed by atoms with van der Waals surface area (Å²) in [5.41, 5.74) is 0. The lowest BCUT2D eigenvalue weighted by Gasteiger charge is -2.32. The Morgan fingerprint density at radius 3 is 2.62 bits per heavy atom. The largest absolute Gasteiger partial charge is 0.393 e. The van der Waals surface area contributed by atoms with Gasteiger partial charge in [-0.25, -0.2) is 0 Å². The smallest absolute Gasteiger partial charge is 0.222 e. The van der Waals surface area contributed by atoms with Crippen molar-refractivity contribution in [3.63, 3.8) is 0 Å². The van der Waals surface area contributed by atoms with Gasteiger partial charge in [0.05, 0.1) is 12.5 Å². The molecule has 0 aliphatic heterocycles. The molecule has 1 fully saturated rings. The van der Waals surface area contributed by atoms with Crippen LogP contribution in [0.4, 0.5) is 0 Å². The Balaban J connectivity index is 2.34. The second kappa shape index (κ2) is 6.24. The molecule has 0 heterocycles. The minimum Gasteiger partial charge on any atom is -0.393 e. The van der Waals surface area contributed by atoms with Crippen molar-refractivity contribution in [1.29, 1.82) is 0 Å². The molecule has 0 aromatic carbocycles. The summed E-state index contributed by atoms with van der Waals surface area (Å²) in [5.74, 6) is 1.44. The lowest BCUT2D eigenvalue weighted by molar-refractivity contribution is -0.123. The van der Waals surface area contributed by atoms with Crippen LogP contribution in [0.2, 0.25) is 0 Å². The van der Waals surface area contributed by atoms with Crippen LogP contribution in [0.1, 0.15) is 52.9 Å². The molecule has 1 aliphatic rings. The fourth-order valence-electron chi connectivity index (χ4n) is 2.52. The van der Waals surface area contributed by atoms with Crippen LogP contribution in [0.25, 0.3) is 0 Å². The summed E-state index contributed by atoms with van der Waals surface area (Å²) < 4.78 is 0. The van der Waals surface area contributed by atoms with Gasteiger partial charge in [-0.2, -0.15) is 0 Å². The number of nitrogens with one attached hydrogen (secondary N) is 1. The van der Waals surface area contributed by atoms with E-state index in [2.05, 4.69) is 19.2 Å². The SMILES string of the molecule is CC(O)CC(=O)N[C@@H]1CCC[C@@H](C(C)C)C1. The second-order valence-corrected chi connectivity index (χ2v) is 5.49. The molecule has 0 radical (unpaired) electrons. The predicted molar refractivity (Wildman–Crippen MR) is 65.0 cm³/mol. The highest BCUT2D eigenvalue weighted by atomic mass is 16.3. The molecule has 0 aromatic rings. The Morgan fingerprint density at radius 2 is 2.06 bits per heavy atom.